The molecular weight excluding hydrogens is 243 g/mol. The molecule has 0 aromatic heterocycles. The van der Waals surface area contributed by atoms with Crippen molar-refractivity contribution < 1.29 is 5.02 Å². The van der Waals surface area contributed by atoms with Gasteiger partial charge in [0.05, 0.1) is 0 Å². The second kappa shape index (κ2) is 5.84. The molecule has 0 radical (unpaired) electrons. The molecule has 20 heavy (non-hydrogen) atoms. The number of hydrogen-bond acceptors (Lipinski definition) is 1. The highest BCUT2D eigenvalue weighted by molar-refractivity contribution is 6.80. The Morgan fingerprint density at radius 3 is 2.15 bits per heavy atom. The Kier molecular flexibility index (Phi) is 4.34. The summed E-state index contributed by atoms with van der Waals surface area (Å²) in [4.78, 5) is 0. The highest BCUT2D eigenvalue weighted by atomic mass is 16.2. The van der Waals surface area contributed by atoms with Crippen LogP contribution in [0, 0.1) is 27.7 Å². The summed E-state index contributed by atoms with van der Waals surface area (Å²) in [5.74, 6) is 0. The fourth-order valence-electron chi connectivity index (χ4n) is 3.04. The molecular formula is C18H23BO. The molecule has 0 aliphatic rings. The smallest absolute Gasteiger partial charge is 0.359 e. The van der Waals surface area contributed by atoms with Crippen molar-refractivity contribution in [1.82, 2.24) is 0 Å². The van der Waals surface area contributed by atoms with Crippen molar-refractivity contribution >= 4 is 17.8 Å². The third-order valence-corrected chi connectivity index (χ3v) is 3.99. The maximum absolute atomic E-state index is 10.8. The molecule has 2 aromatic rings. The Labute approximate surface area is 122 Å². The van der Waals surface area contributed by atoms with Gasteiger partial charge in [-0.25, -0.2) is 0 Å². The van der Waals surface area contributed by atoms with Crippen LogP contribution < -0.4 is 10.9 Å². The van der Waals surface area contributed by atoms with E-state index in [1.165, 1.54) is 22.3 Å². The molecule has 1 N–H and O–H groups in total. The van der Waals surface area contributed by atoms with Gasteiger partial charge < -0.3 is 5.02 Å². The zero-order chi connectivity index (χ0) is 14.9. The molecule has 0 saturated heterocycles. The fraction of sp³-hybridized carbons (Fsp3) is 0.333. The van der Waals surface area contributed by atoms with Crippen LogP contribution in [0.1, 0.15) is 34.7 Å². The normalized spacial score (nSPS) is 10.7. The van der Waals surface area contributed by atoms with Crippen molar-refractivity contribution in [3.8, 4) is 0 Å². The Morgan fingerprint density at radius 1 is 0.900 bits per heavy atom. The third-order valence-electron chi connectivity index (χ3n) is 3.99. The monoisotopic (exact) mass is 266 g/mol. The summed E-state index contributed by atoms with van der Waals surface area (Å²) in [5, 5.41) is 10.8. The highest BCUT2D eigenvalue weighted by Gasteiger charge is 2.23. The lowest BCUT2D eigenvalue weighted by atomic mass is 9.52. The second-order valence-electron chi connectivity index (χ2n) is 5.77. The molecule has 2 aromatic carbocycles. The minimum absolute atomic E-state index is 0.536. The summed E-state index contributed by atoms with van der Waals surface area (Å²) in [6, 6.07) is 10.6. The van der Waals surface area contributed by atoms with Crippen molar-refractivity contribution in [3.05, 3.63) is 58.1 Å². The van der Waals surface area contributed by atoms with E-state index in [-0.39, 0.29) is 0 Å². The molecule has 1 nitrogen and oxygen atoms in total. The number of benzene rings is 2. The van der Waals surface area contributed by atoms with Crippen molar-refractivity contribution in [1.29, 1.82) is 0 Å². The van der Waals surface area contributed by atoms with E-state index < -0.39 is 6.92 Å². The van der Waals surface area contributed by atoms with Gasteiger partial charge in [0.25, 0.3) is 0 Å². The predicted octanol–water partition coefficient (Wildman–Crippen LogP) is 2.58. The lowest BCUT2D eigenvalue weighted by molar-refractivity contribution is 0.599. The maximum Gasteiger partial charge on any atom is 0.359 e. The van der Waals surface area contributed by atoms with Gasteiger partial charge in [-0.3, -0.25) is 0 Å². The van der Waals surface area contributed by atoms with E-state index in [1.807, 2.05) is 6.07 Å². The van der Waals surface area contributed by atoms with Crippen LogP contribution in [0.4, 0.5) is 0 Å². The molecule has 2 rings (SSSR count). The van der Waals surface area contributed by atoms with Gasteiger partial charge in [0.2, 0.25) is 0 Å². The van der Waals surface area contributed by atoms with Gasteiger partial charge in [-0.15, -0.1) is 0 Å². The lowest BCUT2D eigenvalue weighted by Gasteiger charge is -2.18. The van der Waals surface area contributed by atoms with Gasteiger partial charge >= 0.3 is 6.92 Å². The summed E-state index contributed by atoms with van der Waals surface area (Å²) in [6.07, 6.45) is 0.944. The van der Waals surface area contributed by atoms with Gasteiger partial charge in [0, 0.05) is 0 Å². The van der Waals surface area contributed by atoms with Crippen molar-refractivity contribution in [2.45, 2.75) is 41.0 Å². The summed E-state index contributed by atoms with van der Waals surface area (Å²) in [5.41, 5.74) is 8.15. The summed E-state index contributed by atoms with van der Waals surface area (Å²) in [7, 11) is 0. The Bertz CT molecular complexity index is 632. The molecule has 0 heterocycles. The van der Waals surface area contributed by atoms with Gasteiger partial charge in [-0.2, -0.15) is 0 Å². The Morgan fingerprint density at radius 2 is 1.55 bits per heavy atom. The third kappa shape index (κ3) is 2.81. The first-order valence-electron chi connectivity index (χ1n) is 7.29. The number of hydrogen-bond donors (Lipinski definition) is 1. The van der Waals surface area contributed by atoms with Crippen LogP contribution in [0.15, 0.2) is 30.3 Å². The second-order valence-corrected chi connectivity index (χ2v) is 5.77. The van der Waals surface area contributed by atoms with Crippen molar-refractivity contribution in [2.75, 3.05) is 0 Å². The quantitative estimate of drug-likeness (QED) is 0.847. The Hall–Kier alpha value is -1.54. The van der Waals surface area contributed by atoms with E-state index in [0.717, 1.165) is 22.9 Å². The van der Waals surface area contributed by atoms with Gasteiger partial charge in [0.1, 0.15) is 0 Å². The van der Waals surface area contributed by atoms with E-state index >= 15 is 0 Å². The van der Waals surface area contributed by atoms with E-state index in [4.69, 9.17) is 0 Å². The largest absolute Gasteiger partial charge is 0.443 e. The van der Waals surface area contributed by atoms with Crippen LogP contribution in [0.3, 0.4) is 0 Å². The molecule has 0 saturated carbocycles. The zero-order valence-electron chi connectivity index (χ0n) is 13.1. The summed E-state index contributed by atoms with van der Waals surface area (Å²) in [6.45, 7) is 9.96. The summed E-state index contributed by atoms with van der Waals surface area (Å²) < 4.78 is 0. The van der Waals surface area contributed by atoms with Gasteiger partial charge in [0.15, 0.2) is 0 Å². The standard InChI is InChI=1S/C18H23BO/c1-6-16-11-13(3)10-15(5)18(16)19(20)17-8-7-12(2)9-14(17)4/h7-11,20H,6H2,1-5H3. The molecule has 0 aliphatic carbocycles. The maximum atomic E-state index is 10.8. The average molecular weight is 266 g/mol. The van der Waals surface area contributed by atoms with Gasteiger partial charge in [-0.05, 0) is 45.0 Å². The van der Waals surface area contributed by atoms with Crippen molar-refractivity contribution in [2.24, 2.45) is 0 Å². The molecule has 0 aliphatic heterocycles. The van der Waals surface area contributed by atoms with E-state index in [1.54, 1.807) is 0 Å². The van der Waals surface area contributed by atoms with Crippen LogP contribution in [-0.2, 0) is 6.42 Å². The zero-order valence-corrected chi connectivity index (χ0v) is 13.1. The first kappa shape index (κ1) is 14.9. The minimum atomic E-state index is -0.536. The minimum Gasteiger partial charge on any atom is -0.443 e. The first-order valence-corrected chi connectivity index (χ1v) is 7.29. The number of aryl methyl sites for hydroxylation is 5. The lowest BCUT2D eigenvalue weighted by Crippen LogP contribution is -2.46. The number of rotatable bonds is 3. The average Bonchev–Trinajstić information content (AvgIpc) is 2.37. The van der Waals surface area contributed by atoms with Crippen LogP contribution in [0.25, 0.3) is 0 Å². The first-order chi connectivity index (χ1) is 9.43. The molecule has 104 valence electrons. The Balaban J connectivity index is 2.55. The molecule has 0 bridgehead atoms. The predicted molar refractivity (Wildman–Crippen MR) is 88.5 cm³/mol. The van der Waals surface area contributed by atoms with E-state index in [9.17, 15) is 5.02 Å². The van der Waals surface area contributed by atoms with Crippen molar-refractivity contribution in [3.63, 3.8) is 0 Å². The van der Waals surface area contributed by atoms with Gasteiger partial charge in [-0.1, -0.05) is 65.1 Å². The molecule has 2 heteroatoms. The van der Waals surface area contributed by atoms with Crippen LogP contribution >= 0.6 is 0 Å². The SMILES string of the molecule is CCc1cc(C)cc(C)c1B(O)c1ccc(C)cc1C. The molecule has 0 spiro atoms. The molecule has 0 amide bonds. The van der Waals surface area contributed by atoms with Crippen LogP contribution in [-0.4, -0.2) is 11.9 Å². The van der Waals surface area contributed by atoms with Crippen LogP contribution in [0.5, 0.6) is 0 Å². The molecule has 0 atom stereocenters. The molecule has 0 fully saturated rings. The molecule has 0 unspecified atom stereocenters. The summed E-state index contributed by atoms with van der Waals surface area (Å²) >= 11 is 0. The highest BCUT2D eigenvalue weighted by Crippen LogP contribution is 2.10. The topological polar surface area (TPSA) is 20.2 Å². The fourth-order valence-corrected chi connectivity index (χ4v) is 3.04. The van der Waals surface area contributed by atoms with E-state index in [2.05, 4.69) is 58.9 Å². The van der Waals surface area contributed by atoms with Crippen LogP contribution in [0.2, 0.25) is 0 Å². The van der Waals surface area contributed by atoms with E-state index in [0.29, 0.717) is 0 Å².